The summed E-state index contributed by atoms with van der Waals surface area (Å²) in [4.78, 5) is 15.0. The number of thioether (sulfide) groups is 1. The maximum absolute atomic E-state index is 13.4. The molecule has 24 heavy (non-hydrogen) atoms. The number of amides is 1. The van der Waals surface area contributed by atoms with Crippen molar-refractivity contribution < 1.29 is 18.3 Å². The molecular weight excluding hydrogens is 332 g/mol. The van der Waals surface area contributed by atoms with E-state index in [1.165, 1.54) is 22.7 Å². The molecule has 2 aromatic rings. The zero-order chi connectivity index (χ0) is 17.7. The van der Waals surface area contributed by atoms with E-state index >= 15 is 0 Å². The van der Waals surface area contributed by atoms with Gasteiger partial charge in [0.15, 0.2) is 11.6 Å². The summed E-state index contributed by atoms with van der Waals surface area (Å²) in [6.45, 7) is 3.96. The third-order valence-electron chi connectivity index (χ3n) is 3.52. The lowest BCUT2D eigenvalue weighted by atomic mass is 10.2. The molecule has 2 rings (SSSR count). The summed E-state index contributed by atoms with van der Waals surface area (Å²) in [6.07, 6.45) is 0. The van der Waals surface area contributed by atoms with E-state index in [-0.39, 0.29) is 11.2 Å². The van der Waals surface area contributed by atoms with Crippen LogP contribution in [-0.2, 0) is 4.79 Å². The summed E-state index contributed by atoms with van der Waals surface area (Å²) < 4.78 is 31.6. The SMILES string of the molecule is CCN(C(=O)C(C)Sc1ccc(OC)cc1)c1ccc(F)c(F)c1. The first kappa shape index (κ1) is 18.3. The van der Waals surface area contributed by atoms with Crippen LogP contribution in [0.4, 0.5) is 14.5 Å². The molecule has 3 nitrogen and oxygen atoms in total. The Balaban J connectivity index is 2.12. The Kier molecular flexibility index (Phi) is 6.20. The molecule has 0 aliphatic heterocycles. The van der Waals surface area contributed by atoms with Crippen LogP contribution >= 0.6 is 11.8 Å². The number of hydrogen-bond acceptors (Lipinski definition) is 3. The molecule has 2 aromatic carbocycles. The maximum Gasteiger partial charge on any atom is 0.240 e. The first-order chi connectivity index (χ1) is 11.5. The number of nitrogens with zero attached hydrogens (tertiary/aromatic N) is 1. The van der Waals surface area contributed by atoms with Crippen LogP contribution in [0.15, 0.2) is 47.4 Å². The highest BCUT2D eigenvalue weighted by Crippen LogP contribution is 2.28. The van der Waals surface area contributed by atoms with Gasteiger partial charge in [0.1, 0.15) is 5.75 Å². The largest absolute Gasteiger partial charge is 0.497 e. The van der Waals surface area contributed by atoms with Gasteiger partial charge >= 0.3 is 0 Å². The number of hydrogen-bond donors (Lipinski definition) is 0. The highest BCUT2D eigenvalue weighted by atomic mass is 32.2. The predicted octanol–water partition coefficient (Wildman–Crippen LogP) is 4.51. The van der Waals surface area contributed by atoms with Crippen molar-refractivity contribution in [1.29, 1.82) is 0 Å². The minimum atomic E-state index is -0.964. The van der Waals surface area contributed by atoms with Crippen molar-refractivity contribution in [2.75, 3.05) is 18.6 Å². The molecule has 6 heteroatoms. The van der Waals surface area contributed by atoms with Crippen LogP contribution in [-0.4, -0.2) is 24.8 Å². The Morgan fingerprint density at radius 1 is 1.17 bits per heavy atom. The molecule has 0 heterocycles. The van der Waals surface area contributed by atoms with Crippen molar-refractivity contribution in [2.45, 2.75) is 24.0 Å². The van der Waals surface area contributed by atoms with Gasteiger partial charge < -0.3 is 9.64 Å². The molecule has 1 amide bonds. The van der Waals surface area contributed by atoms with Crippen molar-refractivity contribution in [2.24, 2.45) is 0 Å². The monoisotopic (exact) mass is 351 g/mol. The highest BCUT2D eigenvalue weighted by molar-refractivity contribution is 8.00. The number of halogens is 2. The van der Waals surface area contributed by atoms with Gasteiger partial charge in [0.05, 0.1) is 12.4 Å². The molecule has 1 unspecified atom stereocenters. The van der Waals surface area contributed by atoms with Gasteiger partial charge in [-0.2, -0.15) is 0 Å². The zero-order valence-electron chi connectivity index (χ0n) is 13.8. The summed E-state index contributed by atoms with van der Waals surface area (Å²) in [7, 11) is 1.59. The van der Waals surface area contributed by atoms with Crippen molar-refractivity contribution >= 4 is 23.4 Å². The van der Waals surface area contributed by atoms with Crippen molar-refractivity contribution in [3.05, 3.63) is 54.1 Å². The average Bonchev–Trinajstić information content (AvgIpc) is 2.59. The summed E-state index contributed by atoms with van der Waals surface area (Å²) in [5, 5.41) is -0.369. The van der Waals surface area contributed by atoms with E-state index in [4.69, 9.17) is 4.74 Å². The van der Waals surface area contributed by atoms with Gasteiger partial charge in [-0.15, -0.1) is 11.8 Å². The van der Waals surface area contributed by atoms with Gasteiger partial charge in [-0.3, -0.25) is 4.79 Å². The Bertz CT molecular complexity index is 707. The van der Waals surface area contributed by atoms with Gasteiger partial charge in [0.2, 0.25) is 5.91 Å². The van der Waals surface area contributed by atoms with Crippen LogP contribution in [0.25, 0.3) is 0 Å². The van der Waals surface area contributed by atoms with E-state index in [2.05, 4.69) is 0 Å². The van der Waals surface area contributed by atoms with Crippen molar-refractivity contribution in [1.82, 2.24) is 0 Å². The molecule has 1 atom stereocenters. The minimum Gasteiger partial charge on any atom is -0.497 e. The molecule has 0 N–H and O–H groups in total. The second kappa shape index (κ2) is 8.15. The lowest BCUT2D eigenvalue weighted by Gasteiger charge is -2.24. The molecule has 0 radical (unpaired) electrons. The number of carbonyl (C=O) groups is 1. The van der Waals surface area contributed by atoms with Gasteiger partial charge in [0.25, 0.3) is 0 Å². The van der Waals surface area contributed by atoms with Gasteiger partial charge in [-0.1, -0.05) is 0 Å². The topological polar surface area (TPSA) is 29.5 Å². The summed E-state index contributed by atoms with van der Waals surface area (Å²) in [5.74, 6) is -1.31. The molecule has 0 fully saturated rings. The quantitative estimate of drug-likeness (QED) is 0.717. The average molecular weight is 351 g/mol. The number of anilines is 1. The van der Waals surface area contributed by atoms with E-state index in [1.54, 1.807) is 21.0 Å². The maximum atomic E-state index is 13.4. The summed E-state index contributed by atoms with van der Waals surface area (Å²) in [5.41, 5.74) is 0.351. The van der Waals surface area contributed by atoms with Crippen LogP contribution in [0.3, 0.4) is 0 Å². The van der Waals surface area contributed by atoms with Gasteiger partial charge in [-0.05, 0) is 50.2 Å². The fourth-order valence-corrected chi connectivity index (χ4v) is 3.18. The zero-order valence-corrected chi connectivity index (χ0v) is 14.6. The smallest absolute Gasteiger partial charge is 0.240 e. The summed E-state index contributed by atoms with van der Waals surface area (Å²) >= 11 is 1.40. The van der Waals surface area contributed by atoms with Crippen LogP contribution in [0, 0.1) is 11.6 Å². The van der Waals surface area contributed by atoms with E-state index in [0.717, 1.165) is 22.8 Å². The first-order valence-electron chi connectivity index (χ1n) is 7.53. The second-order valence-corrected chi connectivity index (χ2v) is 6.53. The van der Waals surface area contributed by atoms with Crippen LogP contribution in [0.5, 0.6) is 5.75 Å². The fourth-order valence-electron chi connectivity index (χ4n) is 2.25. The molecular formula is C18H19F2NO2S. The van der Waals surface area contributed by atoms with Crippen molar-refractivity contribution in [3.8, 4) is 5.75 Å². The van der Waals surface area contributed by atoms with Crippen LogP contribution in [0.2, 0.25) is 0 Å². The van der Waals surface area contributed by atoms with E-state index in [9.17, 15) is 13.6 Å². The van der Waals surface area contributed by atoms with Gasteiger partial charge in [0, 0.05) is 23.2 Å². The van der Waals surface area contributed by atoms with E-state index in [1.807, 2.05) is 24.3 Å². The van der Waals surface area contributed by atoms with Crippen molar-refractivity contribution in [3.63, 3.8) is 0 Å². The molecule has 128 valence electrons. The van der Waals surface area contributed by atoms with Crippen LogP contribution < -0.4 is 9.64 Å². The molecule has 0 aliphatic carbocycles. The Morgan fingerprint density at radius 3 is 2.38 bits per heavy atom. The second-order valence-electron chi connectivity index (χ2n) is 5.12. The molecule has 0 aliphatic rings. The normalized spacial score (nSPS) is 11.9. The third kappa shape index (κ3) is 4.26. The lowest BCUT2D eigenvalue weighted by Crippen LogP contribution is -2.36. The highest BCUT2D eigenvalue weighted by Gasteiger charge is 2.22. The molecule has 0 bridgehead atoms. The number of benzene rings is 2. The molecule has 0 aromatic heterocycles. The predicted molar refractivity (Wildman–Crippen MR) is 92.7 cm³/mol. The minimum absolute atomic E-state index is 0.163. The van der Waals surface area contributed by atoms with Gasteiger partial charge in [-0.25, -0.2) is 8.78 Å². The summed E-state index contributed by atoms with van der Waals surface area (Å²) in [6, 6.07) is 10.9. The Hall–Kier alpha value is -2.08. The Labute approximate surface area is 144 Å². The number of carbonyl (C=O) groups excluding carboxylic acids is 1. The fraction of sp³-hybridized carbons (Fsp3) is 0.278. The lowest BCUT2D eigenvalue weighted by molar-refractivity contribution is -0.117. The number of rotatable bonds is 6. The first-order valence-corrected chi connectivity index (χ1v) is 8.41. The molecule has 0 saturated heterocycles. The van der Waals surface area contributed by atoms with E-state index in [0.29, 0.717) is 12.2 Å². The van der Waals surface area contributed by atoms with E-state index < -0.39 is 11.6 Å². The van der Waals surface area contributed by atoms with Crippen LogP contribution in [0.1, 0.15) is 13.8 Å². The molecule has 0 spiro atoms. The Morgan fingerprint density at radius 2 is 1.83 bits per heavy atom. The number of ether oxygens (including phenoxy) is 1. The number of methoxy groups -OCH3 is 1. The molecule has 0 saturated carbocycles. The standard InChI is InChI=1S/C18H19F2NO2S/c1-4-21(13-5-10-16(19)17(20)11-13)18(22)12(2)24-15-8-6-14(23-3)7-9-15/h5-12H,4H2,1-3H3. The third-order valence-corrected chi connectivity index (χ3v) is 4.62.